The summed E-state index contributed by atoms with van der Waals surface area (Å²) >= 11 is 1.69. The normalized spacial score (nSPS) is 21.3. The lowest BCUT2D eigenvalue weighted by Crippen LogP contribution is -2.60. The van der Waals surface area contributed by atoms with Gasteiger partial charge < -0.3 is 23.7 Å². The fourth-order valence-corrected chi connectivity index (χ4v) is 6.54. The van der Waals surface area contributed by atoms with E-state index < -0.39 is 18.5 Å². The molecule has 0 amide bonds. The van der Waals surface area contributed by atoms with Crippen LogP contribution in [-0.2, 0) is 38.8 Å². The van der Waals surface area contributed by atoms with Gasteiger partial charge in [-0.15, -0.1) is 11.8 Å². The number of para-hydroxylation sites is 1. The van der Waals surface area contributed by atoms with E-state index in [0.717, 1.165) is 27.3 Å². The molecule has 1 aliphatic rings. The quantitative estimate of drug-likeness (QED) is 0.125. The van der Waals surface area contributed by atoms with E-state index in [4.69, 9.17) is 23.7 Å². The van der Waals surface area contributed by atoms with E-state index in [9.17, 15) is 0 Å². The third kappa shape index (κ3) is 9.07. The molecule has 1 saturated heterocycles. The van der Waals surface area contributed by atoms with E-state index in [1.165, 1.54) is 0 Å². The molecule has 5 atom stereocenters. The number of hydrogen-bond donors (Lipinski definition) is 0. The minimum absolute atomic E-state index is 0.248. The van der Waals surface area contributed by atoms with Crippen molar-refractivity contribution in [3.05, 3.63) is 168 Å². The van der Waals surface area contributed by atoms with Crippen molar-refractivity contribution in [3.63, 3.8) is 0 Å². The second-order valence-electron chi connectivity index (χ2n) is 10.9. The fourth-order valence-electron chi connectivity index (χ4n) is 5.31. The third-order valence-electron chi connectivity index (χ3n) is 7.57. The Balaban J connectivity index is 1.33. The Hall–Kier alpha value is -3.91. The maximum atomic E-state index is 6.86. The molecule has 230 valence electrons. The first kappa shape index (κ1) is 31.1. The zero-order valence-electron chi connectivity index (χ0n) is 25.1. The highest BCUT2D eigenvalue weighted by atomic mass is 32.2. The average molecular weight is 619 g/mol. The standard InChI is InChI=1S/C39H38O5S/c1-6-16-30(17-7-1)26-40-29-35-36(41-27-31-18-8-2-9-19-31)37(42-28-32-20-10-3-11-21-32)38(45-34-24-14-5-15-25-34)39(44-35)43-33-22-12-4-13-23-33/h1-25,35-39H,26-29H2/t35-,36-,37+,38+,39+/m1/s1. The lowest BCUT2D eigenvalue weighted by molar-refractivity contribution is -0.253. The van der Waals surface area contributed by atoms with Crippen LogP contribution in [0, 0.1) is 0 Å². The fraction of sp³-hybridized carbons (Fsp3) is 0.231. The van der Waals surface area contributed by atoms with Crippen molar-refractivity contribution in [3.8, 4) is 5.75 Å². The highest BCUT2D eigenvalue weighted by molar-refractivity contribution is 8.00. The van der Waals surface area contributed by atoms with Crippen molar-refractivity contribution in [2.75, 3.05) is 6.61 Å². The number of ether oxygens (including phenoxy) is 5. The number of benzene rings is 5. The molecule has 0 bridgehead atoms. The van der Waals surface area contributed by atoms with E-state index in [2.05, 4.69) is 48.5 Å². The highest BCUT2D eigenvalue weighted by Crippen LogP contribution is 2.39. The van der Waals surface area contributed by atoms with Gasteiger partial charge in [-0.25, -0.2) is 0 Å². The molecule has 0 aliphatic carbocycles. The molecule has 0 N–H and O–H groups in total. The molecule has 1 fully saturated rings. The number of hydrogen-bond acceptors (Lipinski definition) is 6. The monoisotopic (exact) mass is 618 g/mol. The lowest BCUT2D eigenvalue weighted by atomic mass is 10.00. The van der Waals surface area contributed by atoms with Gasteiger partial charge in [0.15, 0.2) is 0 Å². The highest BCUT2D eigenvalue weighted by Gasteiger charge is 2.49. The Morgan fingerprint density at radius 2 is 0.978 bits per heavy atom. The Morgan fingerprint density at radius 3 is 1.53 bits per heavy atom. The Labute approximate surface area is 270 Å². The summed E-state index contributed by atoms with van der Waals surface area (Å²) in [5, 5.41) is -0.248. The van der Waals surface area contributed by atoms with E-state index in [1.54, 1.807) is 11.8 Å². The van der Waals surface area contributed by atoms with Gasteiger partial charge in [0.1, 0.15) is 29.3 Å². The van der Waals surface area contributed by atoms with Gasteiger partial charge in [0.2, 0.25) is 6.29 Å². The van der Waals surface area contributed by atoms with Crippen LogP contribution in [0.4, 0.5) is 0 Å². The molecule has 0 saturated carbocycles. The maximum Gasteiger partial charge on any atom is 0.215 e. The minimum Gasteiger partial charge on any atom is -0.464 e. The first-order valence-corrected chi connectivity index (χ1v) is 16.2. The third-order valence-corrected chi connectivity index (χ3v) is 8.87. The van der Waals surface area contributed by atoms with E-state index in [1.807, 2.05) is 103 Å². The second-order valence-corrected chi connectivity index (χ2v) is 12.1. The van der Waals surface area contributed by atoms with Crippen molar-refractivity contribution in [2.24, 2.45) is 0 Å². The molecular weight excluding hydrogens is 580 g/mol. The smallest absolute Gasteiger partial charge is 0.215 e. The molecule has 1 aliphatic heterocycles. The van der Waals surface area contributed by atoms with Gasteiger partial charge in [-0.05, 0) is 41.0 Å². The molecule has 1 heterocycles. The lowest BCUT2D eigenvalue weighted by Gasteiger charge is -2.45. The summed E-state index contributed by atoms with van der Waals surface area (Å²) in [6.45, 7) is 1.63. The van der Waals surface area contributed by atoms with Crippen molar-refractivity contribution >= 4 is 11.8 Å². The van der Waals surface area contributed by atoms with Crippen LogP contribution in [0.2, 0.25) is 0 Å². The van der Waals surface area contributed by atoms with Crippen LogP contribution in [0.5, 0.6) is 5.75 Å². The molecule has 0 aromatic heterocycles. The molecule has 6 heteroatoms. The van der Waals surface area contributed by atoms with Gasteiger partial charge in [0.25, 0.3) is 0 Å². The van der Waals surface area contributed by atoms with E-state index in [-0.39, 0.29) is 11.4 Å². The summed E-state index contributed by atoms with van der Waals surface area (Å²) in [5.74, 6) is 0.732. The Kier molecular flexibility index (Phi) is 11.3. The summed E-state index contributed by atoms with van der Waals surface area (Å²) in [7, 11) is 0. The Bertz CT molecular complexity index is 1520. The van der Waals surface area contributed by atoms with Gasteiger partial charge in [-0.2, -0.15) is 0 Å². The van der Waals surface area contributed by atoms with Crippen molar-refractivity contribution in [1.29, 1.82) is 0 Å². The van der Waals surface area contributed by atoms with Crippen LogP contribution < -0.4 is 4.74 Å². The maximum absolute atomic E-state index is 6.86. The van der Waals surface area contributed by atoms with Crippen molar-refractivity contribution < 1.29 is 23.7 Å². The van der Waals surface area contributed by atoms with Crippen molar-refractivity contribution in [2.45, 2.75) is 54.6 Å². The number of thioether (sulfide) groups is 1. The molecule has 0 unspecified atom stereocenters. The van der Waals surface area contributed by atoms with Crippen LogP contribution in [-0.4, -0.2) is 36.5 Å². The predicted molar refractivity (Wildman–Crippen MR) is 178 cm³/mol. The van der Waals surface area contributed by atoms with Gasteiger partial charge in [0, 0.05) is 4.90 Å². The first-order chi connectivity index (χ1) is 22.3. The summed E-state index contributed by atoms with van der Waals surface area (Å²) in [6, 6.07) is 50.7. The molecule has 5 nitrogen and oxygen atoms in total. The van der Waals surface area contributed by atoms with Gasteiger partial charge in [-0.3, -0.25) is 0 Å². The molecule has 0 spiro atoms. The average Bonchev–Trinajstić information content (AvgIpc) is 3.10. The molecule has 0 radical (unpaired) electrons. The zero-order valence-corrected chi connectivity index (χ0v) is 25.9. The van der Waals surface area contributed by atoms with E-state index >= 15 is 0 Å². The SMILES string of the molecule is c1ccc(COC[C@H]2O[C@H](Oc3ccccc3)[C@@H](Sc3ccccc3)[C@@H](OCc3ccccc3)[C@@H]2OCc2ccccc2)cc1. The predicted octanol–water partition coefficient (Wildman–Crippen LogP) is 8.34. The summed E-state index contributed by atoms with van der Waals surface area (Å²) in [4.78, 5) is 1.10. The van der Waals surface area contributed by atoms with Crippen molar-refractivity contribution in [1.82, 2.24) is 0 Å². The van der Waals surface area contributed by atoms with Crippen LogP contribution in [0.3, 0.4) is 0 Å². The first-order valence-electron chi connectivity index (χ1n) is 15.3. The largest absolute Gasteiger partial charge is 0.464 e. The van der Waals surface area contributed by atoms with Gasteiger partial charge in [0.05, 0.1) is 26.4 Å². The Morgan fingerprint density at radius 1 is 0.511 bits per heavy atom. The summed E-state index contributed by atoms with van der Waals surface area (Å²) < 4.78 is 33.3. The van der Waals surface area contributed by atoms with Crippen LogP contribution in [0.15, 0.2) is 157 Å². The zero-order chi connectivity index (χ0) is 30.5. The summed E-state index contributed by atoms with van der Waals surface area (Å²) in [5.41, 5.74) is 3.27. The van der Waals surface area contributed by atoms with Gasteiger partial charge in [-0.1, -0.05) is 127 Å². The number of rotatable bonds is 14. The van der Waals surface area contributed by atoms with E-state index in [0.29, 0.717) is 26.4 Å². The summed E-state index contributed by atoms with van der Waals surface area (Å²) in [6.07, 6.45) is -1.88. The molecule has 45 heavy (non-hydrogen) atoms. The van der Waals surface area contributed by atoms with Crippen LogP contribution in [0.1, 0.15) is 16.7 Å². The topological polar surface area (TPSA) is 46.2 Å². The van der Waals surface area contributed by atoms with Gasteiger partial charge >= 0.3 is 0 Å². The molecule has 5 aromatic rings. The second kappa shape index (κ2) is 16.4. The minimum atomic E-state index is -0.625. The van der Waals surface area contributed by atoms with Crippen LogP contribution >= 0.6 is 11.8 Å². The van der Waals surface area contributed by atoms with Crippen LogP contribution in [0.25, 0.3) is 0 Å². The molecular formula is C39H38O5S. The molecule has 5 aromatic carbocycles. The molecule has 6 rings (SSSR count).